The molecule has 3 amide bonds. The van der Waals surface area contributed by atoms with Gasteiger partial charge in [0.05, 0.1) is 72.3 Å². The molecule has 0 saturated carbocycles. The van der Waals surface area contributed by atoms with Gasteiger partial charge in [-0.15, -0.1) is 20.4 Å². The van der Waals surface area contributed by atoms with Gasteiger partial charge in [-0.2, -0.15) is 0 Å². The van der Waals surface area contributed by atoms with E-state index in [1.807, 2.05) is 34.6 Å². The third-order valence-corrected chi connectivity index (χ3v) is 28.1. The first-order valence-corrected chi connectivity index (χ1v) is 48.3. The van der Waals surface area contributed by atoms with Gasteiger partial charge in [-0.25, -0.2) is 34.3 Å². The molecule has 650 valence electrons. The third-order valence-electron chi connectivity index (χ3n) is 20.8. The number of carbonyl (C=O) groups is 3. The van der Waals surface area contributed by atoms with Crippen molar-refractivity contribution in [3.63, 3.8) is 0 Å². The van der Waals surface area contributed by atoms with Crippen LogP contribution in [0.5, 0.6) is 17.2 Å². The highest BCUT2D eigenvalue weighted by Crippen LogP contribution is 2.39. The molecule has 1 atom stereocenters. The molecule has 0 aliphatic heterocycles. The summed E-state index contributed by atoms with van der Waals surface area (Å²) in [7, 11) is -10.6. The number of fused-ring (bicyclic) bond motifs is 2. The molecule has 117 heavy (non-hydrogen) atoms. The number of aromatic amines is 2. The van der Waals surface area contributed by atoms with Crippen LogP contribution < -0.4 is 30.1 Å². The molecule has 4 heterocycles. The molecule has 0 fully saturated rings. The highest BCUT2D eigenvalue weighted by atomic mass is 35.5. The third kappa shape index (κ3) is 31.0. The Morgan fingerprint density at radius 1 is 0.538 bits per heavy atom. The van der Waals surface area contributed by atoms with E-state index in [2.05, 4.69) is 92.8 Å². The predicted octanol–water partition coefficient (Wildman–Crippen LogP) is 21.7. The number of aryl methyl sites for hydroxylation is 2. The number of phenolic OH excluding ortho intramolecular Hbond substituents is 1. The number of phenols is 1. The summed E-state index contributed by atoms with van der Waals surface area (Å²) in [5.74, 6) is 0.556. The Hall–Kier alpha value is -6.85. The van der Waals surface area contributed by atoms with Crippen molar-refractivity contribution in [1.82, 2.24) is 44.9 Å². The van der Waals surface area contributed by atoms with Crippen LogP contribution in [0.2, 0.25) is 25.1 Å². The minimum Gasteiger partial charge on any atom is -0.506 e. The number of H-pyrrole nitrogens is 2. The van der Waals surface area contributed by atoms with Crippen LogP contribution in [0, 0.1) is 6.92 Å². The zero-order valence-corrected chi connectivity index (χ0v) is 76.6. The van der Waals surface area contributed by atoms with E-state index in [1.54, 1.807) is 52.4 Å². The first kappa shape index (κ1) is 99.0. The number of hydrogen-bond acceptors (Lipinski definition) is 16. The SMILES string of the molecule is CCCCCCCCCCCCOc1ccc(S(=O)(=O)C(CC)C(=O)Nc2cc(O)c(NC(=O)c3ccc(Cl)c(Cl)c3)cc2Cl)cc1.CCCCCCCCCCCCS(=O)(=O)CCCc1nnc2c(Cl)c(C)[nH]n12.CCCCCCCCS(=O)(=O)Nc1ccccc1OCC(=O)NC(C)(C)C(C)(C)c1nnc2c(Cl)c(C(C)(C)C)[nH]n12. The number of sulfone groups is 2. The number of halogens is 5. The van der Waals surface area contributed by atoms with Crippen LogP contribution in [-0.2, 0) is 56.5 Å². The predicted molar refractivity (Wildman–Crippen MR) is 476 cm³/mol. The number of nitrogens with one attached hydrogen (secondary N) is 6. The zero-order chi connectivity index (χ0) is 86.2. The van der Waals surface area contributed by atoms with E-state index in [9.17, 15) is 44.7 Å². The number of ether oxygens (including phenoxy) is 2. The average Bonchev–Trinajstić information content (AvgIpc) is 1.59. The second kappa shape index (κ2) is 48.0. The number of amides is 3. The summed E-state index contributed by atoms with van der Waals surface area (Å²) in [6.45, 7) is 24.3. The molecular formula is C85H125Cl5N12O12S3. The van der Waals surface area contributed by atoms with Crippen LogP contribution in [-0.4, -0.2) is 129 Å². The minimum absolute atomic E-state index is 0.00739. The maximum atomic E-state index is 13.4. The Morgan fingerprint density at radius 2 is 1.08 bits per heavy atom. The molecule has 7 N–H and O–H groups in total. The molecule has 32 heteroatoms. The van der Waals surface area contributed by atoms with E-state index in [-0.39, 0.29) is 78.5 Å². The Balaban J connectivity index is 0.000000281. The summed E-state index contributed by atoms with van der Waals surface area (Å²) in [5.41, 5.74) is 1.57. The van der Waals surface area contributed by atoms with Gasteiger partial charge in [-0.05, 0) is 114 Å². The number of aromatic hydroxyl groups is 1. The molecule has 4 aromatic heterocycles. The van der Waals surface area contributed by atoms with Crippen LogP contribution in [0.25, 0.3) is 11.3 Å². The first-order chi connectivity index (χ1) is 55.4. The van der Waals surface area contributed by atoms with Gasteiger partial charge < -0.3 is 30.5 Å². The van der Waals surface area contributed by atoms with Crippen LogP contribution in [0.3, 0.4) is 0 Å². The van der Waals surface area contributed by atoms with Gasteiger partial charge in [0.15, 0.2) is 39.4 Å². The smallest absolute Gasteiger partial charge is 0.258 e. The van der Waals surface area contributed by atoms with Gasteiger partial charge in [0.2, 0.25) is 15.9 Å². The normalized spacial score (nSPS) is 12.4. The second-order valence-electron chi connectivity index (χ2n) is 32.1. The lowest BCUT2D eigenvalue weighted by molar-refractivity contribution is -0.125. The fraction of sp³-hybridized carbons (Fsp3) is 0.588. The van der Waals surface area contributed by atoms with Gasteiger partial charge >= 0.3 is 0 Å². The number of aromatic nitrogens is 8. The van der Waals surface area contributed by atoms with E-state index in [0.717, 1.165) is 81.1 Å². The van der Waals surface area contributed by atoms with Crippen molar-refractivity contribution in [2.24, 2.45) is 0 Å². The Kier molecular flexibility index (Phi) is 40.6. The van der Waals surface area contributed by atoms with Gasteiger partial charge in [0.1, 0.15) is 42.4 Å². The van der Waals surface area contributed by atoms with Crippen molar-refractivity contribution in [3.8, 4) is 17.2 Å². The summed E-state index contributed by atoms with van der Waals surface area (Å²) >= 11 is 31.0. The molecule has 0 radical (unpaired) electrons. The summed E-state index contributed by atoms with van der Waals surface area (Å²) in [6, 6.07) is 19.4. The topological polar surface area (TPSA) is 332 Å². The average molecular weight is 1780 g/mol. The van der Waals surface area contributed by atoms with E-state index in [1.165, 1.54) is 139 Å². The Bertz CT molecular complexity index is 4810. The largest absolute Gasteiger partial charge is 0.506 e. The number of sulfonamides is 1. The summed E-state index contributed by atoms with van der Waals surface area (Å²) < 4.78 is 94.5. The van der Waals surface area contributed by atoms with Gasteiger partial charge in [0, 0.05) is 34.4 Å². The molecule has 4 aromatic carbocycles. The van der Waals surface area contributed by atoms with Crippen molar-refractivity contribution in [2.75, 3.05) is 45.8 Å². The monoisotopic (exact) mass is 1780 g/mol. The highest BCUT2D eigenvalue weighted by Gasteiger charge is 2.44. The van der Waals surface area contributed by atoms with Gasteiger partial charge in [-0.1, -0.05) is 280 Å². The van der Waals surface area contributed by atoms with Gasteiger partial charge in [-0.3, -0.25) is 29.3 Å². The highest BCUT2D eigenvalue weighted by molar-refractivity contribution is 7.93. The molecule has 8 aromatic rings. The van der Waals surface area contributed by atoms with Crippen LogP contribution >= 0.6 is 58.0 Å². The Morgan fingerprint density at radius 3 is 1.65 bits per heavy atom. The molecule has 0 spiro atoms. The van der Waals surface area contributed by atoms with Crippen molar-refractivity contribution in [3.05, 3.63) is 133 Å². The van der Waals surface area contributed by atoms with E-state index in [4.69, 9.17) is 67.5 Å². The Labute approximate surface area is 719 Å². The fourth-order valence-electron chi connectivity index (χ4n) is 13.1. The number of unbranched alkanes of at least 4 members (excludes halogenated alkanes) is 23. The van der Waals surface area contributed by atoms with E-state index in [0.29, 0.717) is 70.2 Å². The van der Waals surface area contributed by atoms with Crippen LogP contribution in [0.15, 0.2) is 83.8 Å². The van der Waals surface area contributed by atoms with Gasteiger partial charge in [0.25, 0.3) is 11.8 Å². The number of para-hydroxylation sites is 2. The number of rotatable bonds is 49. The van der Waals surface area contributed by atoms with Crippen molar-refractivity contribution in [1.29, 1.82) is 0 Å². The van der Waals surface area contributed by atoms with E-state index >= 15 is 0 Å². The van der Waals surface area contributed by atoms with Crippen LogP contribution in [0.4, 0.5) is 17.1 Å². The molecule has 0 bridgehead atoms. The van der Waals surface area contributed by atoms with E-state index < -0.39 is 63.5 Å². The molecule has 0 aliphatic rings. The van der Waals surface area contributed by atoms with Crippen molar-refractivity contribution in [2.45, 2.75) is 296 Å². The lowest BCUT2D eigenvalue weighted by atomic mass is 9.73. The standard InChI is InChI=1S/C35H43Cl3N2O6S.C30H47ClN6O4S.C20H35ClN4O2S/c1-3-5-6-7-8-9-10-11-12-13-20-46-25-15-17-26(18-16-25)47(44,45)33(4-2)35(43)39-30-23-32(41)31(22-29(30)38)40-34(42)24-14-19-27(36)28(37)21-24;1-9-10-11-12-13-16-19-42(39,40)36-21-17-14-15-18-22(21)41-20-23(38)32-30(7,8)29(5,6)27-34-33-26-24(31)25(28(2,3)4)35-37(26)27;1-3-4-5-6-7-8-9-10-11-12-15-28(26,27)16-13-14-18-22-23-20-19(21)17(2)24-25(18)20/h14-19,21-23,33,41H,3-13,20H2,1-2H3,(H,39,43)(H,40,42);14-15,17-18,35-36H,9-13,16,19-20H2,1-8H3,(H,32,38);24H,3-16H2,1-2H3. The van der Waals surface area contributed by atoms with Crippen molar-refractivity contribution < 1.29 is 54.2 Å². The molecule has 0 saturated heterocycles. The second-order valence-corrected chi connectivity index (χ2v) is 40.4. The number of hydrogen-bond donors (Lipinski definition) is 7. The summed E-state index contributed by atoms with van der Waals surface area (Å²) in [6.07, 6.45) is 31.4. The fourth-order valence-corrected chi connectivity index (χ4v) is 18.5. The quantitative estimate of drug-likeness (QED) is 0.0138. The molecule has 8 rings (SSSR count). The first-order valence-electron chi connectivity index (χ1n) is 41.4. The molecular weight excluding hydrogens is 1650 g/mol. The number of carbonyl (C=O) groups excluding carboxylic acids is 3. The summed E-state index contributed by atoms with van der Waals surface area (Å²) in [4.78, 5) is 38.9. The maximum absolute atomic E-state index is 13.4. The summed E-state index contributed by atoms with van der Waals surface area (Å²) in [5, 5.41) is 42.1. The number of nitrogens with zero attached hydrogens (tertiary/aromatic N) is 6. The van der Waals surface area contributed by atoms with Crippen molar-refractivity contribution >= 4 is 134 Å². The lowest BCUT2D eigenvalue weighted by Gasteiger charge is -2.40. The van der Waals surface area contributed by atoms with Crippen LogP contribution in [0.1, 0.15) is 289 Å². The lowest BCUT2D eigenvalue weighted by Crippen LogP contribution is -2.57. The molecule has 0 aliphatic carbocycles. The molecule has 1 unspecified atom stereocenters. The zero-order valence-electron chi connectivity index (χ0n) is 70.4. The number of anilines is 3. The maximum Gasteiger partial charge on any atom is 0.258 e. The minimum atomic E-state index is -4.07. The molecule has 24 nitrogen and oxygen atoms in total. The number of benzene rings is 4.